The molecule has 2 aliphatic heterocycles. The van der Waals surface area contributed by atoms with Crippen LogP contribution in [0, 0.1) is 0 Å². The number of likely N-dealkylation sites (tertiary alicyclic amines) is 1. The van der Waals surface area contributed by atoms with Gasteiger partial charge < -0.3 is 20.1 Å². The normalized spacial score (nSPS) is 21.8. The standard InChI is InChI=1S/C21H29N5O2/c1-22-16-7-10-25(11-8-16)12-9-23-18-4-2-3-15-13-26(14-17(15)18)19-5-6-20(27)24-21(19)28/h2-4,13-14,16,19,22-23H,5-12H2,1H3,(H,24,27,28). The molecule has 1 aromatic carbocycles. The van der Waals surface area contributed by atoms with E-state index < -0.39 is 0 Å². The van der Waals surface area contributed by atoms with Crippen molar-refractivity contribution >= 4 is 28.3 Å². The lowest BCUT2D eigenvalue weighted by molar-refractivity contribution is -0.135. The molecular formula is C21H29N5O2. The third kappa shape index (κ3) is 4.05. The summed E-state index contributed by atoms with van der Waals surface area (Å²) in [6.45, 7) is 4.21. The summed E-state index contributed by atoms with van der Waals surface area (Å²) in [6, 6.07) is 6.53. The first-order valence-electron chi connectivity index (χ1n) is 10.2. The number of hydrogen-bond acceptors (Lipinski definition) is 5. The lowest BCUT2D eigenvalue weighted by atomic mass is 10.1. The van der Waals surface area contributed by atoms with Crippen LogP contribution in [0.15, 0.2) is 30.6 Å². The number of nitrogens with zero attached hydrogens (tertiary/aromatic N) is 2. The Kier molecular flexibility index (Phi) is 5.64. The van der Waals surface area contributed by atoms with Crippen molar-refractivity contribution in [1.29, 1.82) is 0 Å². The average Bonchev–Trinajstić information content (AvgIpc) is 3.13. The van der Waals surface area contributed by atoms with Crippen molar-refractivity contribution < 1.29 is 9.59 Å². The number of piperidine rings is 2. The third-order valence-corrected chi connectivity index (χ3v) is 6.02. The molecule has 4 rings (SSSR count). The van der Waals surface area contributed by atoms with Gasteiger partial charge in [-0.25, -0.2) is 0 Å². The lowest BCUT2D eigenvalue weighted by Crippen LogP contribution is -2.42. The Labute approximate surface area is 165 Å². The SMILES string of the molecule is CNC1CCN(CCNc2cccc3cn(C4CCC(=O)NC4=O)cc23)CC1. The molecule has 2 aromatic rings. The van der Waals surface area contributed by atoms with E-state index in [9.17, 15) is 9.59 Å². The second-order valence-electron chi connectivity index (χ2n) is 7.81. The smallest absolute Gasteiger partial charge is 0.249 e. The quantitative estimate of drug-likeness (QED) is 0.662. The maximum Gasteiger partial charge on any atom is 0.249 e. The highest BCUT2D eigenvalue weighted by molar-refractivity contribution is 6.00. The predicted octanol–water partition coefficient (Wildman–Crippen LogP) is 1.71. The van der Waals surface area contributed by atoms with Crippen LogP contribution in [0.2, 0.25) is 0 Å². The molecule has 0 spiro atoms. The summed E-state index contributed by atoms with van der Waals surface area (Å²) in [5.41, 5.74) is 1.09. The fraction of sp³-hybridized carbons (Fsp3) is 0.524. The maximum absolute atomic E-state index is 12.2. The van der Waals surface area contributed by atoms with Crippen molar-refractivity contribution in [2.45, 2.75) is 37.8 Å². The molecule has 7 nitrogen and oxygen atoms in total. The summed E-state index contributed by atoms with van der Waals surface area (Å²) >= 11 is 0. The molecule has 1 atom stereocenters. The van der Waals surface area contributed by atoms with E-state index in [1.165, 1.54) is 12.8 Å². The molecule has 28 heavy (non-hydrogen) atoms. The van der Waals surface area contributed by atoms with Crippen molar-refractivity contribution in [3.63, 3.8) is 0 Å². The molecule has 2 aliphatic rings. The summed E-state index contributed by atoms with van der Waals surface area (Å²) in [5.74, 6) is -0.393. The van der Waals surface area contributed by atoms with Crippen LogP contribution in [0.3, 0.4) is 0 Å². The Morgan fingerprint density at radius 3 is 2.71 bits per heavy atom. The van der Waals surface area contributed by atoms with Crippen LogP contribution >= 0.6 is 0 Å². The minimum absolute atomic E-state index is 0.181. The van der Waals surface area contributed by atoms with Gasteiger partial charge in [0.25, 0.3) is 0 Å². The first-order valence-corrected chi connectivity index (χ1v) is 10.2. The zero-order valence-corrected chi connectivity index (χ0v) is 16.4. The first-order chi connectivity index (χ1) is 13.6. The minimum atomic E-state index is -0.313. The number of anilines is 1. The van der Waals surface area contributed by atoms with E-state index in [4.69, 9.17) is 0 Å². The van der Waals surface area contributed by atoms with Crippen LogP contribution in [0.5, 0.6) is 0 Å². The minimum Gasteiger partial charge on any atom is -0.383 e. The molecule has 0 saturated carbocycles. The van der Waals surface area contributed by atoms with Crippen LogP contribution in [0.1, 0.15) is 31.7 Å². The number of carbonyl (C=O) groups excluding carboxylic acids is 2. The highest BCUT2D eigenvalue weighted by atomic mass is 16.2. The zero-order chi connectivity index (χ0) is 19.5. The van der Waals surface area contributed by atoms with Crippen molar-refractivity contribution in [2.75, 3.05) is 38.5 Å². The Morgan fingerprint density at radius 1 is 1.14 bits per heavy atom. The molecule has 0 bridgehead atoms. The first kappa shape index (κ1) is 19.0. The third-order valence-electron chi connectivity index (χ3n) is 6.02. The van der Waals surface area contributed by atoms with E-state index in [2.05, 4.69) is 33.0 Å². The van der Waals surface area contributed by atoms with Gasteiger partial charge in [0, 0.05) is 54.4 Å². The number of imide groups is 1. The molecular weight excluding hydrogens is 354 g/mol. The van der Waals surface area contributed by atoms with E-state index in [-0.39, 0.29) is 17.9 Å². The van der Waals surface area contributed by atoms with Crippen LogP contribution < -0.4 is 16.0 Å². The average molecular weight is 383 g/mol. The van der Waals surface area contributed by atoms with Crippen LogP contribution in [-0.2, 0) is 9.59 Å². The summed E-state index contributed by atoms with van der Waals surface area (Å²) in [6.07, 6.45) is 7.39. The number of amides is 2. The van der Waals surface area contributed by atoms with Gasteiger partial charge in [-0.05, 0) is 45.5 Å². The number of benzene rings is 1. The molecule has 1 aromatic heterocycles. The monoisotopic (exact) mass is 383 g/mol. The van der Waals surface area contributed by atoms with Crippen LogP contribution in [0.4, 0.5) is 5.69 Å². The van der Waals surface area contributed by atoms with Gasteiger partial charge in [-0.15, -0.1) is 0 Å². The zero-order valence-electron chi connectivity index (χ0n) is 16.4. The van der Waals surface area contributed by atoms with Crippen molar-refractivity contribution in [3.8, 4) is 0 Å². The topological polar surface area (TPSA) is 78.4 Å². The summed E-state index contributed by atoms with van der Waals surface area (Å²) in [5, 5.41) is 11.6. The summed E-state index contributed by atoms with van der Waals surface area (Å²) in [4.78, 5) is 26.1. The molecule has 2 amide bonds. The number of carbonyl (C=O) groups is 2. The molecule has 2 saturated heterocycles. The Bertz CT molecular complexity index is 854. The highest BCUT2D eigenvalue weighted by Crippen LogP contribution is 2.28. The molecule has 0 radical (unpaired) electrons. The highest BCUT2D eigenvalue weighted by Gasteiger charge is 2.28. The fourth-order valence-corrected chi connectivity index (χ4v) is 4.28. The Hall–Kier alpha value is -2.38. The van der Waals surface area contributed by atoms with E-state index in [0.29, 0.717) is 18.9 Å². The molecule has 3 N–H and O–H groups in total. The number of nitrogens with one attached hydrogen (secondary N) is 3. The van der Waals surface area contributed by atoms with Crippen molar-refractivity contribution in [1.82, 2.24) is 20.1 Å². The number of hydrogen-bond donors (Lipinski definition) is 3. The number of rotatable bonds is 6. The number of fused-ring (bicyclic) bond motifs is 1. The van der Waals surface area contributed by atoms with Crippen LogP contribution in [0.25, 0.3) is 10.8 Å². The van der Waals surface area contributed by atoms with E-state index in [1.807, 2.05) is 30.1 Å². The summed E-state index contributed by atoms with van der Waals surface area (Å²) in [7, 11) is 2.05. The van der Waals surface area contributed by atoms with Gasteiger partial charge in [-0.3, -0.25) is 14.9 Å². The van der Waals surface area contributed by atoms with E-state index >= 15 is 0 Å². The van der Waals surface area contributed by atoms with Gasteiger partial charge in [0.1, 0.15) is 6.04 Å². The van der Waals surface area contributed by atoms with E-state index in [1.54, 1.807) is 0 Å². The molecule has 2 fully saturated rings. The predicted molar refractivity (Wildman–Crippen MR) is 110 cm³/mol. The molecule has 1 unspecified atom stereocenters. The maximum atomic E-state index is 12.2. The molecule has 0 aliphatic carbocycles. The van der Waals surface area contributed by atoms with E-state index in [0.717, 1.165) is 42.6 Å². The molecule has 7 heteroatoms. The van der Waals surface area contributed by atoms with Gasteiger partial charge >= 0.3 is 0 Å². The molecule has 150 valence electrons. The van der Waals surface area contributed by atoms with Crippen LogP contribution in [-0.4, -0.2) is 60.5 Å². The van der Waals surface area contributed by atoms with Gasteiger partial charge in [0.2, 0.25) is 11.8 Å². The second-order valence-corrected chi connectivity index (χ2v) is 7.81. The second kappa shape index (κ2) is 8.32. The Morgan fingerprint density at radius 2 is 1.96 bits per heavy atom. The van der Waals surface area contributed by atoms with Crippen molar-refractivity contribution in [2.24, 2.45) is 0 Å². The largest absolute Gasteiger partial charge is 0.383 e. The lowest BCUT2D eigenvalue weighted by Gasteiger charge is -2.31. The van der Waals surface area contributed by atoms with Gasteiger partial charge in [0.05, 0.1) is 0 Å². The Balaban J connectivity index is 1.40. The molecule has 3 heterocycles. The number of aromatic nitrogens is 1. The van der Waals surface area contributed by atoms with Gasteiger partial charge in [-0.1, -0.05) is 12.1 Å². The summed E-state index contributed by atoms with van der Waals surface area (Å²) < 4.78 is 1.94. The fourth-order valence-electron chi connectivity index (χ4n) is 4.28. The van der Waals surface area contributed by atoms with Gasteiger partial charge in [-0.2, -0.15) is 0 Å². The van der Waals surface area contributed by atoms with Gasteiger partial charge in [0.15, 0.2) is 0 Å². The van der Waals surface area contributed by atoms with Crippen molar-refractivity contribution in [3.05, 3.63) is 30.6 Å².